The molecule has 1 amide bonds. The van der Waals surface area contributed by atoms with Gasteiger partial charge in [-0.25, -0.2) is 0 Å². The lowest BCUT2D eigenvalue weighted by Crippen LogP contribution is -2.27. The van der Waals surface area contributed by atoms with Crippen LogP contribution in [-0.2, 0) is 0 Å². The van der Waals surface area contributed by atoms with Crippen LogP contribution in [0.2, 0.25) is 0 Å². The first kappa shape index (κ1) is 15.4. The van der Waals surface area contributed by atoms with Gasteiger partial charge in [0.25, 0.3) is 5.91 Å². The average Bonchev–Trinajstić information content (AvgIpc) is 2.97. The lowest BCUT2D eigenvalue weighted by molar-refractivity contribution is 0.0936. The number of rotatable bonds is 5. The first-order chi connectivity index (χ1) is 10.0. The van der Waals surface area contributed by atoms with Crippen molar-refractivity contribution < 1.29 is 4.79 Å². The molecule has 0 radical (unpaired) electrons. The number of benzene rings is 1. The molecule has 0 spiro atoms. The number of hydrogen-bond acceptors (Lipinski definition) is 4. The van der Waals surface area contributed by atoms with Gasteiger partial charge in [-0.3, -0.25) is 4.79 Å². The van der Waals surface area contributed by atoms with Crippen LogP contribution in [0.4, 0.5) is 11.4 Å². The Morgan fingerprint density at radius 3 is 2.67 bits per heavy atom. The molecule has 1 aromatic heterocycles. The highest BCUT2D eigenvalue weighted by atomic mass is 32.1. The monoisotopic (exact) mass is 303 g/mol. The number of carbonyl (C=O) groups is 1. The van der Waals surface area contributed by atoms with Crippen LogP contribution in [0, 0.1) is 0 Å². The highest BCUT2D eigenvalue weighted by molar-refractivity contribution is 7.10. The quantitative estimate of drug-likeness (QED) is 0.833. The Hall–Kier alpha value is -2.01. The van der Waals surface area contributed by atoms with Crippen molar-refractivity contribution in [2.24, 2.45) is 0 Å². The molecule has 21 heavy (non-hydrogen) atoms. The summed E-state index contributed by atoms with van der Waals surface area (Å²) in [5, 5.41) is 5.09. The summed E-state index contributed by atoms with van der Waals surface area (Å²) >= 11 is 1.66. The number of nitrogen functional groups attached to an aromatic ring is 1. The molecule has 0 fully saturated rings. The summed E-state index contributed by atoms with van der Waals surface area (Å²) in [7, 11) is 3.85. The first-order valence-corrected chi connectivity index (χ1v) is 7.82. The van der Waals surface area contributed by atoms with E-state index in [9.17, 15) is 4.79 Å². The molecule has 0 bridgehead atoms. The van der Waals surface area contributed by atoms with Gasteiger partial charge in [-0.1, -0.05) is 13.0 Å². The van der Waals surface area contributed by atoms with Crippen LogP contribution in [0.15, 0.2) is 35.7 Å². The second-order valence-electron chi connectivity index (χ2n) is 5.12. The van der Waals surface area contributed by atoms with Crippen LogP contribution >= 0.6 is 11.3 Å². The minimum atomic E-state index is -0.0905. The van der Waals surface area contributed by atoms with Crippen molar-refractivity contribution in [3.63, 3.8) is 0 Å². The van der Waals surface area contributed by atoms with Crippen LogP contribution in [0.25, 0.3) is 0 Å². The number of amides is 1. The summed E-state index contributed by atoms with van der Waals surface area (Å²) < 4.78 is 0. The molecular formula is C16H21N3OS. The Labute approximate surface area is 129 Å². The molecule has 1 aromatic carbocycles. The van der Waals surface area contributed by atoms with Gasteiger partial charge in [0.1, 0.15) is 0 Å². The third-order valence-corrected chi connectivity index (χ3v) is 4.36. The van der Waals surface area contributed by atoms with E-state index in [1.807, 2.05) is 48.6 Å². The Balaban J connectivity index is 2.15. The second kappa shape index (κ2) is 6.63. The Morgan fingerprint density at radius 2 is 2.14 bits per heavy atom. The summed E-state index contributed by atoms with van der Waals surface area (Å²) in [6, 6.07) is 9.50. The number of anilines is 2. The van der Waals surface area contributed by atoms with E-state index in [-0.39, 0.29) is 11.9 Å². The molecule has 112 valence electrons. The van der Waals surface area contributed by atoms with Gasteiger partial charge in [-0.2, -0.15) is 0 Å². The summed E-state index contributed by atoms with van der Waals surface area (Å²) in [4.78, 5) is 15.5. The lowest BCUT2D eigenvalue weighted by atomic mass is 10.1. The van der Waals surface area contributed by atoms with E-state index < -0.39 is 0 Å². The van der Waals surface area contributed by atoms with Gasteiger partial charge < -0.3 is 16.0 Å². The maximum atomic E-state index is 12.4. The highest BCUT2D eigenvalue weighted by Crippen LogP contribution is 2.24. The summed E-state index contributed by atoms with van der Waals surface area (Å²) in [5.74, 6) is -0.0905. The zero-order chi connectivity index (χ0) is 15.4. The first-order valence-electron chi connectivity index (χ1n) is 6.94. The van der Waals surface area contributed by atoms with E-state index in [1.54, 1.807) is 17.4 Å². The minimum absolute atomic E-state index is 0.0484. The van der Waals surface area contributed by atoms with E-state index in [0.29, 0.717) is 11.3 Å². The molecular weight excluding hydrogens is 282 g/mol. The van der Waals surface area contributed by atoms with Gasteiger partial charge in [-0.15, -0.1) is 11.3 Å². The molecule has 2 rings (SSSR count). The molecule has 0 aliphatic heterocycles. The van der Waals surface area contributed by atoms with Gasteiger partial charge in [0.2, 0.25) is 0 Å². The third kappa shape index (κ3) is 3.55. The SMILES string of the molecule is CCC(NC(=O)c1ccc(N(C)C)c(N)c1)c1cccs1. The van der Waals surface area contributed by atoms with E-state index in [4.69, 9.17) is 5.73 Å². The molecule has 3 N–H and O–H groups in total. The number of hydrogen-bond donors (Lipinski definition) is 2. The van der Waals surface area contributed by atoms with E-state index in [0.717, 1.165) is 12.1 Å². The fraction of sp³-hybridized carbons (Fsp3) is 0.312. The van der Waals surface area contributed by atoms with E-state index in [2.05, 4.69) is 12.2 Å². The smallest absolute Gasteiger partial charge is 0.251 e. The second-order valence-corrected chi connectivity index (χ2v) is 6.10. The van der Waals surface area contributed by atoms with Crippen molar-refractivity contribution in [1.82, 2.24) is 5.32 Å². The third-order valence-electron chi connectivity index (χ3n) is 3.37. The van der Waals surface area contributed by atoms with Gasteiger partial charge in [0.05, 0.1) is 17.4 Å². The predicted molar refractivity (Wildman–Crippen MR) is 90.0 cm³/mol. The zero-order valence-corrected chi connectivity index (χ0v) is 13.4. The van der Waals surface area contributed by atoms with Crippen LogP contribution < -0.4 is 16.0 Å². The fourth-order valence-corrected chi connectivity index (χ4v) is 3.07. The number of thiophene rings is 1. The molecule has 2 aromatic rings. The van der Waals surface area contributed by atoms with Crippen molar-refractivity contribution in [3.8, 4) is 0 Å². The average molecular weight is 303 g/mol. The summed E-state index contributed by atoms with van der Waals surface area (Å²) in [6.07, 6.45) is 0.859. The van der Waals surface area contributed by atoms with Gasteiger partial charge in [-0.05, 0) is 36.1 Å². The largest absolute Gasteiger partial charge is 0.397 e. The maximum absolute atomic E-state index is 12.4. The summed E-state index contributed by atoms with van der Waals surface area (Å²) in [6.45, 7) is 2.06. The van der Waals surface area contributed by atoms with E-state index >= 15 is 0 Å². The van der Waals surface area contributed by atoms with Crippen LogP contribution in [0.1, 0.15) is 34.6 Å². The molecule has 5 heteroatoms. The standard InChI is InChI=1S/C16H21N3OS/c1-4-13(15-6-5-9-21-15)18-16(20)11-7-8-14(19(2)3)12(17)10-11/h5-10,13H,4,17H2,1-3H3,(H,18,20). The van der Waals surface area contributed by atoms with Gasteiger partial charge >= 0.3 is 0 Å². The Kier molecular flexibility index (Phi) is 4.85. The van der Waals surface area contributed by atoms with E-state index in [1.165, 1.54) is 4.88 Å². The molecule has 0 saturated heterocycles. The molecule has 4 nitrogen and oxygen atoms in total. The van der Waals surface area contributed by atoms with Crippen LogP contribution in [0.5, 0.6) is 0 Å². The topological polar surface area (TPSA) is 58.4 Å². The maximum Gasteiger partial charge on any atom is 0.251 e. The van der Waals surface area contributed by atoms with Crippen LogP contribution in [-0.4, -0.2) is 20.0 Å². The van der Waals surface area contributed by atoms with Gasteiger partial charge in [0.15, 0.2) is 0 Å². The number of nitrogens with zero attached hydrogens (tertiary/aromatic N) is 1. The Morgan fingerprint density at radius 1 is 1.38 bits per heavy atom. The number of nitrogens with one attached hydrogen (secondary N) is 1. The fourth-order valence-electron chi connectivity index (χ4n) is 2.21. The zero-order valence-electron chi connectivity index (χ0n) is 12.6. The molecule has 0 saturated carbocycles. The molecule has 1 atom stereocenters. The van der Waals surface area contributed by atoms with Crippen LogP contribution in [0.3, 0.4) is 0 Å². The van der Waals surface area contributed by atoms with Crippen molar-refractivity contribution >= 4 is 28.6 Å². The van der Waals surface area contributed by atoms with Crippen molar-refractivity contribution in [2.45, 2.75) is 19.4 Å². The van der Waals surface area contributed by atoms with Gasteiger partial charge in [0, 0.05) is 24.5 Å². The number of nitrogens with two attached hydrogens (primary N) is 1. The number of carbonyl (C=O) groups excluding carboxylic acids is 1. The molecule has 1 unspecified atom stereocenters. The summed E-state index contributed by atoms with van der Waals surface area (Å²) in [5.41, 5.74) is 8.11. The lowest BCUT2D eigenvalue weighted by Gasteiger charge is -2.18. The van der Waals surface area contributed by atoms with Crippen molar-refractivity contribution in [1.29, 1.82) is 0 Å². The molecule has 0 aliphatic carbocycles. The molecule has 0 aliphatic rings. The van der Waals surface area contributed by atoms with Crippen molar-refractivity contribution in [2.75, 3.05) is 24.7 Å². The minimum Gasteiger partial charge on any atom is -0.397 e. The molecule has 1 heterocycles. The normalized spacial score (nSPS) is 12.0. The van der Waals surface area contributed by atoms with Crippen molar-refractivity contribution in [3.05, 3.63) is 46.2 Å². The predicted octanol–water partition coefficient (Wildman–Crippen LogP) is 3.28. The Bertz CT molecular complexity index is 608. The highest BCUT2D eigenvalue weighted by Gasteiger charge is 2.15.